The number of amides is 1. The van der Waals surface area contributed by atoms with Crippen LogP contribution in [0.25, 0.3) is 0 Å². The van der Waals surface area contributed by atoms with Crippen molar-refractivity contribution in [3.05, 3.63) is 29.8 Å². The van der Waals surface area contributed by atoms with Gasteiger partial charge in [0.1, 0.15) is 0 Å². The van der Waals surface area contributed by atoms with Crippen molar-refractivity contribution in [2.24, 2.45) is 0 Å². The van der Waals surface area contributed by atoms with Gasteiger partial charge in [0.25, 0.3) is 5.91 Å². The third-order valence-corrected chi connectivity index (χ3v) is 3.51. The summed E-state index contributed by atoms with van der Waals surface area (Å²) in [7, 11) is 2.02. The van der Waals surface area contributed by atoms with Crippen molar-refractivity contribution < 1.29 is 14.3 Å². The number of carbonyl (C=O) groups is 2. The van der Waals surface area contributed by atoms with Gasteiger partial charge in [-0.05, 0) is 24.7 Å². The van der Waals surface area contributed by atoms with Crippen molar-refractivity contribution in [2.45, 2.75) is 6.42 Å². The van der Waals surface area contributed by atoms with E-state index in [1.165, 1.54) is 0 Å². The minimum Gasteiger partial charge on any atom is -0.455 e. The zero-order valence-electron chi connectivity index (χ0n) is 12.2. The van der Waals surface area contributed by atoms with Crippen LogP contribution in [0.2, 0.25) is 0 Å². The number of rotatable bonds is 4. The predicted octanol–water partition coefficient (Wildman–Crippen LogP) is 0.129. The normalized spacial score (nSPS) is 15.8. The monoisotopic (exact) mass is 291 g/mol. The molecule has 6 heteroatoms. The minimum absolute atomic E-state index is 0.126. The zero-order chi connectivity index (χ0) is 15.2. The Morgan fingerprint density at radius 3 is 2.62 bits per heavy atom. The second kappa shape index (κ2) is 7.08. The van der Waals surface area contributed by atoms with Gasteiger partial charge in [0, 0.05) is 31.9 Å². The summed E-state index contributed by atoms with van der Waals surface area (Å²) in [5.74, 6) is -0.549. The average molecular weight is 291 g/mol. The summed E-state index contributed by atoms with van der Waals surface area (Å²) in [5, 5.41) is 0. The van der Waals surface area contributed by atoms with Crippen LogP contribution in [0.4, 0.5) is 5.69 Å². The third-order valence-electron chi connectivity index (χ3n) is 3.51. The molecule has 1 aliphatic rings. The summed E-state index contributed by atoms with van der Waals surface area (Å²) < 4.78 is 5.04. The Hall–Kier alpha value is -2.08. The fraction of sp³-hybridized carbons (Fsp3) is 0.467. The lowest BCUT2D eigenvalue weighted by atomic mass is 10.1. The number of piperazine rings is 1. The van der Waals surface area contributed by atoms with Crippen LogP contribution in [0.3, 0.4) is 0 Å². The van der Waals surface area contributed by atoms with Gasteiger partial charge in [-0.3, -0.25) is 9.59 Å². The molecule has 0 aromatic heterocycles. The molecule has 114 valence electrons. The molecule has 0 aliphatic carbocycles. The van der Waals surface area contributed by atoms with Crippen molar-refractivity contribution in [3.8, 4) is 0 Å². The fourth-order valence-electron chi connectivity index (χ4n) is 2.21. The molecular formula is C15H21N3O3. The maximum Gasteiger partial charge on any atom is 0.310 e. The Bertz CT molecular complexity index is 511. The van der Waals surface area contributed by atoms with E-state index < -0.39 is 5.97 Å². The molecular weight excluding hydrogens is 270 g/mol. The number of nitrogens with two attached hydrogens (primary N) is 1. The van der Waals surface area contributed by atoms with Crippen molar-refractivity contribution in [1.82, 2.24) is 9.80 Å². The summed E-state index contributed by atoms with van der Waals surface area (Å²) >= 11 is 0. The molecule has 1 heterocycles. The number of likely N-dealkylation sites (N-methyl/N-ethyl adjacent to an activating group) is 1. The molecule has 0 saturated carbocycles. The van der Waals surface area contributed by atoms with Gasteiger partial charge < -0.3 is 20.3 Å². The number of hydrogen-bond donors (Lipinski definition) is 1. The topological polar surface area (TPSA) is 75.9 Å². The van der Waals surface area contributed by atoms with E-state index in [4.69, 9.17) is 10.5 Å². The highest BCUT2D eigenvalue weighted by Gasteiger charge is 2.20. The van der Waals surface area contributed by atoms with E-state index in [0.717, 1.165) is 18.7 Å². The molecule has 1 aromatic rings. The van der Waals surface area contributed by atoms with Gasteiger partial charge >= 0.3 is 5.97 Å². The van der Waals surface area contributed by atoms with Crippen LogP contribution in [0, 0.1) is 0 Å². The van der Waals surface area contributed by atoms with Gasteiger partial charge in [-0.1, -0.05) is 12.1 Å². The maximum atomic E-state index is 11.9. The first kappa shape index (κ1) is 15.3. The van der Waals surface area contributed by atoms with Crippen LogP contribution in [-0.2, 0) is 20.7 Å². The van der Waals surface area contributed by atoms with Crippen LogP contribution in [0.1, 0.15) is 5.56 Å². The molecule has 0 radical (unpaired) electrons. The second-order valence-electron chi connectivity index (χ2n) is 5.27. The summed E-state index contributed by atoms with van der Waals surface area (Å²) in [4.78, 5) is 27.5. The summed E-state index contributed by atoms with van der Waals surface area (Å²) in [6.45, 7) is 2.88. The summed E-state index contributed by atoms with van der Waals surface area (Å²) in [6.07, 6.45) is 0.126. The SMILES string of the molecule is CN1CCN(C(=O)COC(=O)Cc2cccc(N)c2)CC1. The number of carbonyl (C=O) groups excluding carboxylic acids is 2. The molecule has 1 amide bonds. The van der Waals surface area contributed by atoms with Crippen molar-refractivity contribution >= 4 is 17.6 Å². The van der Waals surface area contributed by atoms with Gasteiger partial charge in [0.15, 0.2) is 6.61 Å². The number of esters is 1. The van der Waals surface area contributed by atoms with Gasteiger partial charge in [0.05, 0.1) is 6.42 Å². The van der Waals surface area contributed by atoms with E-state index in [-0.39, 0.29) is 18.9 Å². The number of anilines is 1. The zero-order valence-corrected chi connectivity index (χ0v) is 12.2. The molecule has 1 aromatic carbocycles. The van der Waals surface area contributed by atoms with E-state index in [1.54, 1.807) is 29.2 Å². The van der Waals surface area contributed by atoms with Crippen LogP contribution in [0.15, 0.2) is 24.3 Å². The molecule has 2 rings (SSSR count). The van der Waals surface area contributed by atoms with Crippen molar-refractivity contribution in [3.63, 3.8) is 0 Å². The Kier molecular flexibility index (Phi) is 5.16. The Labute approximate surface area is 124 Å². The van der Waals surface area contributed by atoms with E-state index in [1.807, 2.05) is 7.05 Å². The standard InChI is InChI=1S/C15H21N3O3/c1-17-5-7-18(8-6-17)14(19)11-21-15(20)10-12-3-2-4-13(16)9-12/h2-4,9H,5-8,10-11,16H2,1H3. The maximum absolute atomic E-state index is 11.9. The van der Waals surface area contributed by atoms with Crippen LogP contribution >= 0.6 is 0 Å². The quantitative estimate of drug-likeness (QED) is 0.630. The molecule has 6 nitrogen and oxygen atoms in total. The lowest BCUT2D eigenvalue weighted by Crippen LogP contribution is -2.48. The Morgan fingerprint density at radius 2 is 1.95 bits per heavy atom. The molecule has 21 heavy (non-hydrogen) atoms. The van der Waals surface area contributed by atoms with E-state index in [0.29, 0.717) is 18.8 Å². The van der Waals surface area contributed by atoms with Crippen molar-refractivity contribution in [2.75, 3.05) is 45.6 Å². The number of benzene rings is 1. The second-order valence-corrected chi connectivity index (χ2v) is 5.27. The first-order valence-corrected chi connectivity index (χ1v) is 7.01. The fourth-order valence-corrected chi connectivity index (χ4v) is 2.21. The summed E-state index contributed by atoms with van der Waals surface area (Å²) in [6, 6.07) is 7.07. The lowest BCUT2D eigenvalue weighted by Gasteiger charge is -2.32. The van der Waals surface area contributed by atoms with E-state index in [2.05, 4.69) is 4.90 Å². The van der Waals surface area contributed by atoms with E-state index in [9.17, 15) is 9.59 Å². The molecule has 0 spiro atoms. The van der Waals surface area contributed by atoms with Crippen LogP contribution in [-0.4, -0.2) is 61.5 Å². The number of nitrogen functional groups attached to an aromatic ring is 1. The highest BCUT2D eigenvalue weighted by atomic mass is 16.5. The molecule has 2 N–H and O–H groups in total. The van der Waals surface area contributed by atoms with Gasteiger partial charge in [-0.2, -0.15) is 0 Å². The molecule has 1 saturated heterocycles. The van der Waals surface area contributed by atoms with Crippen LogP contribution in [0.5, 0.6) is 0 Å². The van der Waals surface area contributed by atoms with Gasteiger partial charge in [-0.25, -0.2) is 0 Å². The Morgan fingerprint density at radius 1 is 1.24 bits per heavy atom. The average Bonchev–Trinajstić information content (AvgIpc) is 2.45. The first-order chi connectivity index (χ1) is 10.0. The highest BCUT2D eigenvalue weighted by Crippen LogP contribution is 2.08. The van der Waals surface area contributed by atoms with Gasteiger partial charge in [0.2, 0.25) is 0 Å². The lowest BCUT2D eigenvalue weighted by molar-refractivity contribution is -0.152. The smallest absolute Gasteiger partial charge is 0.310 e. The molecule has 1 fully saturated rings. The molecule has 0 unspecified atom stereocenters. The largest absolute Gasteiger partial charge is 0.455 e. The van der Waals surface area contributed by atoms with E-state index >= 15 is 0 Å². The minimum atomic E-state index is -0.414. The summed E-state index contributed by atoms with van der Waals surface area (Å²) in [5.41, 5.74) is 7.04. The van der Waals surface area contributed by atoms with Crippen molar-refractivity contribution in [1.29, 1.82) is 0 Å². The third kappa shape index (κ3) is 4.75. The van der Waals surface area contributed by atoms with Gasteiger partial charge in [-0.15, -0.1) is 0 Å². The molecule has 0 atom stereocenters. The van der Waals surface area contributed by atoms with Crippen LogP contribution < -0.4 is 5.73 Å². The number of nitrogens with zero attached hydrogens (tertiary/aromatic N) is 2. The highest BCUT2D eigenvalue weighted by molar-refractivity contribution is 5.81. The number of hydrogen-bond acceptors (Lipinski definition) is 5. The Balaban J connectivity index is 1.75. The predicted molar refractivity (Wildman–Crippen MR) is 79.6 cm³/mol. The molecule has 0 bridgehead atoms. The molecule has 1 aliphatic heterocycles. The number of ether oxygens (including phenoxy) is 1. The first-order valence-electron chi connectivity index (χ1n) is 7.01.